The van der Waals surface area contributed by atoms with E-state index in [-0.39, 0.29) is 40.8 Å². The minimum absolute atomic E-state index is 0.0209. The van der Waals surface area contributed by atoms with E-state index in [1.165, 1.54) is 12.5 Å². The van der Waals surface area contributed by atoms with E-state index in [1.54, 1.807) is 0 Å². The van der Waals surface area contributed by atoms with Gasteiger partial charge in [0.25, 0.3) is 0 Å². The molecular weight excluding hydrogens is 316 g/mol. The number of hydrogen-bond acceptors (Lipinski definition) is 4. The van der Waals surface area contributed by atoms with Crippen molar-refractivity contribution in [2.45, 2.75) is 77.4 Å². The van der Waals surface area contributed by atoms with Crippen LogP contribution in [0.2, 0.25) is 0 Å². The van der Waals surface area contributed by atoms with Crippen molar-refractivity contribution in [2.75, 3.05) is 0 Å². The van der Waals surface area contributed by atoms with Gasteiger partial charge in [0.2, 0.25) is 0 Å². The Morgan fingerprint density at radius 3 is 2.64 bits per heavy atom. The molecule has 4 aliphatic carbocycles. The zero-order valence-corrected chi connectivity index (χ0v) is 15.5. The Bertz CT molecular complexity index is 667. The molecule has 0 aromatic heterocycles. The average Bonchev–Trinajstić information content (AvgIpc) is 2.80. The molecule has 0 spiro atoms. The molecule has 4 nitrogen and oxygen atoms in total. The fraction of sp³-hybridized carbons (Fsp3) is 0.810. The first-order valence-corrected chi connectivity index (χ1v) is 9.77. The van der Waals surface area contributed by atoms with Crippen LogP contribution >= 0.6 is 0 Å². The molecule has 3 saturated carbocycles. The minimum atomic E-state index is -1.36. The molecule has 3 fully saturated rings. The molecule has 0 unspecified atom stereocenters. The van der Waals surface area contributed by atoms with Crippen molar-refractivity contribution in [3.8, 4) is 0 Å². The van der Waals surface area contributed by atoms with Gasteiger partial charge < -0.3 is 10.2 Å². The largest absolute Gasteiger partial charge is 0.393 e. The van der Waals surface area contributed by atoms with Gasteiger partial charge in [-0.2, -0.15) is 0 Å². The number of carbonyl (C=O) groups is 2. The van der Waals surface area contributed by atoms with Crippen molar-refractivity contribution in [2.24, 2.45) is 28.6 Å². The van der Waals surface area contributed by atoms with Gasteiger partial charge in [-0.3, -0.25) is 9.59 Å². The number of aliphatic hydroxyl groups excluding tert-OH is 1. The average molecular weight is 346 g/mol. The van der Waals surface area contributed by atoms with E-state index in [0.29, 0.717) is 19.3 Å². The first kappa shape index (κ1) is 17.4. The van der Waals surface area contributed by atoms with Crippen LogP contribution in [0, 0.1) is 28.6 Å². The second-order valence-corrected chi connectivity index (χ2v) is 9.54. The van der Waals surface area contributed by atoms with E-state index < -0.39 is 11.0 Å². The molecule has 0 bridgehead atoms. The van der Waals surface area contributed by atoms with Crippen LogP contribution in [-0.4, -0.2) is 33.5 Å². The highest BCUT2D eigenvalue weighted by Gasteiger charge is 2.67. The number of carbonyl (C=O) groups excluding carboxylic acids is 2. The van der Waals surface area contributed by atoms with E-state index in [0.717, 1.165) is 25.7 Å². The molecule has 2 N–H and O–H groups in total. The number of Topliss-reactive ketones (excluding diaryl/α,β-unsaturated/α-hetero) is 2. The van der Waals surface area contributed by atoms with Gasteiger partial charge in [-0.15, -0.1) is 0 Å². The molecule has 4 heteroatoms. The molecule has 4 rings (SSSR count). The van der Waals surface area contributed by atoms with Crippen LogP contribution in [0.5, 0.6) is 0 Å². The Morgan fingerprint density at radius 1 is 1.24 bits per heavy atom. The fourth-order valence-corrected chi connectivity index (χ4v) is 7.05. The summed E-state index contributed by atoms with van der Waals surface area (Å²) < 4.78 is 0. The summed E-state index contributed by atoms with van der Waals surface area (Å²) in [5.74, 6) is 0.430. The fourth-order valence-electron chi connectivity index (χ4n) is 7.05. The van der Waals surface area contributed by atoms with Crippen LogP contribution in [0.15, 0.2) is 11.6 Å². The van der Waals surface area contributed by atoms with E-state index >= 15 is 0 Å². The molecule has 7 atom stereocenters. The van der Waals surface area contributed by atoms with Gasteiger partial charge >= 0.3 is 0 Å². The predicted molar refractivity (Wildman–Crippen MR) is 93.7 cm³/mol. The van der Waals surface area contributed by atoms with E-state index in [1.807, 2.05) is 6.92 Å². The lowest BCUT2D eigenvalue weighted by Crippen LogP contribution is -2.60. The van der Waals surface area contributed by atoms with Crippen LogP contribution < -0.4 is 0 Å². The molecular formula is C21H30O4. The maximum absolute atomic E-state index is 13.3. The van der Waals surface area contributed by atoms with Crippen molar-refractivity contribution >= 4 is 11.6 Å². The molecule has 0 heterocycles. The van der Waals surface area contributed by atoms with Crippen molar-refractivity contribution in [3.63, 3.8) is 0 Å². The van der Waals surface area contributed by atoms with Gasteiger partial charge in [-0.25, -0.2) is 0 Å². The van der Waals surface area contributed by atoms with Crippen molar-refractivity contribution in [1.82, 2.24) is 0 Å². The summed E-state index contributed by atoms with van der Waals surface area (Å²) in [6.07, 6.45) is 6.71. The first-order valence-electron chi connectivity index (χ1n) is 9.77. The van der Waals surface area contributed by atoms with Gasteiger partial charge in [0, 0.05) is 17.8 Å². The third-order valence-corrected chi connectivity index (χ3v) is 8.50. The quantitative estimate of drug-likeness (QED) is 0.716. The maximum atomic E-state index is 13.3. The number of hydrogen-bond donors (Lipinski definition) is 2. The Kier molecular flexibility index (Phi) is 3.66. The highest BCUT2D eigenvalue weighted by molar-refractivity contribution is 5.90. The number of ketones is 2. The lowest BCUT2D eigenvalue weighted by molar-refractivity contribution is -0.166. The zero-order valence-electron chi connectivity index (χ0n) is 15.5. The summed E-state index contributed by atoms with van der Waals surface area (Å²) in [5, 5.41) is 21.2. The summed E-state index contributed by atoms with van der Waals surface area (Å²) in [6.45, 7) is 5.63. The Morgan fingerprint density at radius 2 is 1.96 bits per heavy atom. The Hall–Kier alpha value is -1.00. The molecule has 0 radical (unpaired) electrons. The lowest BCUT2D eigenvalue weighted by Gasteiger charge is -2.57. The Labute approximate surface area is 149 Å². The van der Waals surface area contributed by atoms with Crippen LogP contribution in [0.25, 0.3) is 0 Å². The summed E-state index contributed by atoms with van der Waals surface area (Å²) in [7, 11) is 0. The third-order valence-electron chi connectivity index (χ3n) is 8.50. The van der Waals surface area contributed by atoms with Crippen LogP contribution in [0.4, 0.5) is 0 Å². The number of fused-ring (bicyclic) bond motifs is 5. The van der Waals surface area contributed by atoms with E-state index in [4.69, 9.17) is 0 Å². The van der Waals surface area contributed by atoms with Crippen molar-refractivity contribution < 1.29 is 19.8 Å². The van der Waals surface area contributed by atoms with E-state index in [2.05, 4.69) is 13.0 Å². The lowest BCUT2D eigenvalue weighted by atomic mass is 9.46. The molecule has 0 amide bonds. The van der Waals surface area contributed by atoms with Gasteiger partial charge in [-0.05, 0) is 62.7 Å². The highest BCUT2D eigenvalue weighted by atomic mass is 16.3. The number of allylic oxidation sites excluding steroid dienone is 1. The molecule has 138 valence electrons. The summed E-state index contributed by atoms with van der Waals surface area (Å²) >= 11 is 0. The summed E-state index contributed by atoms with van der Waals surface area (Å²) in [4.78, 5) is 25.5. The van der Waals surface area contributed by atoms with Gasteiger partial charge in [-0.1, -0.05) is 25.5 Å². The van der Waals surface area contributed by atoms with Gasteiger partial charge in [0.15, 0.2) is 5.78 Å². The van der Waals surface area contributed by atoms with Crippen LogP contribution in [0.1, 0.15) is 65.7 Å². The minimum Gasteiger partial charge on any atom is -0.393 e. The van der Waals surface area contributed by atoms with Crippen molar-refractivity contribution in [3.05, 3.63) is 11.6 Å². The van der Waals surface area contributed by atoms with Crippen LogP contribution in [-0.2, 0) is 9.59 Å². The van der Waals surface area contributed by atoms with Gasteiger partial charge in [0.05, 0.1) is 6.10 Å². The summed E-state index contributed by atoms with van der Waals surface area (Å²) in [5.41, 5.74) is -0.888. The second kappa shape index (κ2) is 5.26. The molecule has 25 heavy (non-hydrogen) atoms. The second-order valence-electron chi connectivity index (χ2n) is 9.54. The molecule has 4 aliphatic rings. The Balaban J connectivity index is 1.76. The normalized spacial score (nSPS) is 52.0. The number of aliphatic hydroxyl groups is 2. The third kappa shape index (κ3) is 2.07. The summed E-state index contributed by atoms with van der Waals surface area (Å²) in [6, 6.07) is 0. The van der Waals surface area contributed by atoms with E-state index in [9.17, 15) is 19.8 Å². The molecule has 0 aromatic rings. The molecule has 0 aliphatic heterocycles. The van der Waals surface area contributed by atoms with Crippen molar-refractivity contribution in [1.29, 1.82) is 0 Å². The zero-order chi connectivity index (χ0) is 18.2. The topological polar surface area (TPSA) is 74.6 Å². The predicted octanol–water partition coefficient (Wildman–Crippen LogP) is 2.81. The van der Waals surface area contributed by atoms with Gasteiger partial charge in [0.1, 0.15) is 11.4 Å². The van der Waals surface area contributed by atoms with Crippen LogP contribution in [0.3, 0.4) is 0 Å². The molecule has 0 saturated heterocycles. The first-order chi connectivity index (χ1) is 11.6. The number of rotatable bonds is 1. The monoisotopic (exact) mass is 346 g/mol. The smallest absolute Gasteiger partial charge is 0.161 e. The highest BCUT2D eigenvalue weighted by Crippen LogP contribution is 2.66. The molecule has 0 aromatic carbocycles. The SMILES string of the molecule is CC(=O)[C@]1(O)CC[C@H]2[C@@H]3CC=C4C[C@H](O)CC[C@]4(C)[C@H]3C(=O)C[C@@]21C. The standard InChI is InChI=1S/C21H30O4/c1-12(22)21(25)9-7-16-15-5-4-13-10-14(23)6-8-19(13,2)18(15)17(24)11-20(16,21)3/h4,14-16,18,23,25H,5-11H2,1-3H3/t14-,15+,16+,18-,19+,20+,21-/m1/s1. The maximum Gasteiger partial charge on any atom is 0.161 e.